The molecule has 148 valence electrons. The molecule has 0 saturated heterocycles. The van der Waals surface area contributed by atoms with Crippen molar-refractivity contribution in [2.75, 3.05) is 5.75 Å². The fourth-order valence-electron chi connectivity index (χ4n) is 3.01. The van der Waals surface area contributed by atoms with E-state index in [2.05, 4.69) is 6.92 Å². The second-order valence-electron chi connectivity index (χ2n) is 6.77. The van der Waals surface area contributed by atoms with Crippen LogP contribution in [0.1, 0.15) is 76.7 Å². The molecule has 1 atom stereocenters. The maximum atomic E-state index is 15.0. The van der Waals surface area contributed by atoms with Gasteiger partial charge in [0, 0.05) is 5.56 Å². The zero-order chi connectivity index (χ0) is 19.5. The summed E-state index contributed by atoms with van der Waals surface area (Å²) < 4.78 is 39.8. The molecule has 0 fully saturated rings. The number of hydrogen-bond donors (Lipinski definition) is 1. The van der Waals surface area contributed by atoms with Crippen LogP contribution in [0.5, 0.6) is 0 Å². The molecule has 0 bridgehead atoms. The van der Waals surface area contributed by atoms with E-state index in [1.165, 1.54) is 56.4 Å². The second kappa shape index (κ2) is 11.3. The Morgan fingerprint density at radius 1 is 0.923 bits per heavy atom. The molecule has 0 amide bonds. The second-order valence-corrected chi connectivity index (χ2v) is 8.97. The molecule has 0 aliphatic heterocycles. The number of rotatable bonds is 14. The normalized spacial score (nSPS) is 14.1. The predicted octanol–water partition coefficient (Wildman–Crippen LogP) is 5.23. The van der Waals surface area contributed by atoms with Gasteiger partial charge in [0.15, 0.2) is 0 Å². The van der Waals surface area contributed by atoms with Crippen LogP contribution in [0.15, 0.2) is 30.3 Å². The molecule has 1 N–H and O–H groups in total. The Morgan fingerprint density at radius 3 is 1.85 bits per heavy atom. The first-order chi connectivity index (χ1) is 12.4. The average Bonchev–Trinajstić information content (AvgIpc) is 2.63. The molecule has 1 aromatic rings. The Balaban J connectivity index is 2.44. The molecule has 26 heavy (non-hydrogen) atoms. The van der Waals surface area contributed by atoms with Crippen molar-refractivity contribution in [2.45, 2.75) is 76.1 Å². The molecular formula is C20H31FO4S. The monoisotopic (exact) mass is 386 g/mol. The summed E-state index contributed by atoms with van der Waals surface area (Å²) in [4.78, 5) is 11.4. The maximum Gasteiger partial charge on any atom is 0.362 e. The minimum atomic E-state index is -4.45. The highest BCUT2D eigenvalue weighted by atomic mass is 32.2. The third kappa shape index (κ3) is 6.38. The standard InChI is InChI=1S/C20H31FO4S/c1-2-3-4-5-6-7-8-9-10-14-17-26(24,25)20(21,19(22)23)18-15-12-11-13-16-18/h11-13,15-16H,2-10,14,17H2,1H3,(H,22,23). The van der Waals surface area contributed by atoms with Gasteiger partial charge in [-0.1, -0.05) is 95.0 Å². The lowest BCUT2D eigenvalue weighted by atomic mass is 10.1. The Kier molecular flexibility index (Phi) is 9.84. The smallest absolute Gasteiger partial charge is 0.362 e. The number of aliphatic carboxylic acids is 1. The number of hydrogen-bond acceptors (Lipinski definition) is 3. The first-order valence-corrected chi connectivity index (χ1v) is 11.2. The Hall–Kier alpha value is -1.43. The van der Waals surface area contributed by atoms with E-state index in [0.717, 1.165) is 19.3 Å². The third-order valence-corrected chi connectivity index (χ3v) is 6.71. The van der Waals surface area contributed by atoms with Crippen LogP contribution >= 0.6 is 0 Å². The minimum absolute atomic E-state index is 0.282. The number of carboxylic acids is 1. The Labute approximate surface area is 156 Å². The van der Waals surface area contributed by atoms with Crippen molar-refractivity contribution < 1.29 is 22.7 Å². The van der Waals surface area contributed by atoms with Gasteiger partial charge in [-0.05, 0) is 6.42 Å². The van der Waals surface area contributed by atoms with Crippen LogP contribution < -0.4 is 0 Å². The van der Waals surface area contributed by atoms with E-state index in [1.54, 1.807) is 6.07 Å². The number of alkyl halides is 1. The van der Waals surface area contributed by atoms with E-state index in [9.17, 15) is 18.3 Å². The number of benzene rings is 1. The summed E-state index contributed by atoms with van der Waals surface area (Å²) >= 11 is 0. The molecule has 0 aromatic heterocycles. The average molecular weight is 387 g/mol. The molecule has 1 rings (SSSR count). The fraction of sp³-hybridized carbons (Fsp3) is 0.650. The van der Waals surface area contributed by atoms with Gasteiger partial charge in [0.25, 0.3) is 0 Å². The lowest BCUT2D eigenvalue weighted by Crippen LogP contribution is -2.41. The highest BCUT2D eigenvalue weighted by Gasteiger charge is 2.53. The summed E-state index contributed by atoms with van der Waals surface area (Å²) in [5.74, 6) is -2.43. The highest BCUT2D eigenvalue weighted by Crippen LogP contribution is 2.34. The van der Waals surface area contributed by atoms with Crippen LogP contribution in [0, 0.1) is 0 Å². The molecule has 0 spiro atoms. The van der Waals surface area contributed by atoms with E-state index >= 15 is 4.39 Å². The summed E-state index contributed by atoms with van der Waals surface area (Å²) in [5.41, 5.74) is -0.348. The van der Waals surface area contributed by atoms with Crippen LogP contribution in [0.25, 0.3) is 0 Å². The lowest BCUT2D eigenvalue weighted by molar-refractivity contribution is -0.145. The molecule has 1 aromatic carbocycles. The van der Waals surface area contributed by atoms with E-state index in [1.807, 2.05) is 0 Å². The van der Waals surface area contributed by atoms with Crippen molar-refractivity contribution in [1.29, 1.82) is 0 Å². The number of carboxylic acid groups (broad SMARTS) is 1. The quantitative estimate of drug-likeness (QED) is 0.444. The van der Waals surface area contributed by atoms with Crippen LogP contribution in [-0.2, 0) is 19.6 Å². The van der Waals surface area contributed by atoms with Gasteiger partial charge in [0.2, 0.25) is 9.84 Å². The molecule has 4 nitrogen and oxygen atoms in total. The molecule has 1 unspecified atom stereocenters. The number of carbonyl (C=O) groups is 1. The highest BCUT2D eigenvalue weighted by molar-refractivity contribution is 7.92. The largest absolute Gasteiger partial charge is 0.478 e. The van der Waals surface area contributed by atoms with Gasteiger partial charge < -0.3 is 5.11 Å². The topological polar surface area (TPSA) is 71.4 Å². The van der Waals surface area contributed by atoms with E-state index in [-0.39, 0.29) is 12.0 Å². The van der Waals surface area contributed by atoms with Crippen LogP contribution in [0.4, 0.5) is 4.39 Å². The van der Waals surface area contributed by atoms with Crippen molar-refractivity contribution in [3.63, 3.8) is 0 Å². The van der Waals surface area contributed by atoms with Crippen LogP contribution in [0.2, 0.25) is 0 Å². The maximum absolute atomic E-state index is 15.0. The van der Waals surface area contributed by atoms with Crippen LogP contribution in [0.3, 0.4) is 0 Å². The fourth-order valence-corrected chi connectivity index (χ4v) is 4.64. The van der Waals surface area contributed by atoms with Crippen molar-refractivity contribution in [3.05, 3.63) is 35.9 Å². The van der Waals surface area contributed by atoms with Crippen molar-refractivity contribution in [3.8, 4) is 0 Å². The molecule has 0 heterocycles. The molecule has 0 radical (unpaired) electrons. The molecular weight excluding hydrogens is 355 g/mol. The first-order valence-electron chi connectivity index (χ1n) is 9.56. The van der Waals surface area contributed by atoms with Gasteiger partial charge in [-0.3, -0.25) is 0 Å². The summed E-state index contributed by atoms with van der Waals surface area (Å²) in [5, 5.41) is 5.85. The summed E-state index contributed by atoms with van der Waals surface area (Å²) in [7, 11) is -4.45. The zero-order valence-electron chi connectivity index (χ0n) is 15.6. The first kappa shape index (κ1) is 22.6. The van der Waals surface area contributed by atoms with E-state index in [0.29, 0.717) is 6.42 Å². The van der Waals surface area contributed by atoms with Gasteiger partial charge in [-0.2, -0.15) is 0 Å². The predicted molar refractivity (Wildman–Crippen MR) is 102 cm³/mol. The lowest BCUT2D eigenvalue weighted by Gasteiger charge is -2.21. The third-order valence-electron chi connectivity index (χ3n) is 4.62. The Bertz CT molecular complexity index is 630. The van der Waals surface area contributed by atoms with E-state index < -0.39 is 26.6 Å². The number of unbranched alkanes of at least 4 members (excludes halogenated alkanes) is 9. The van der Waals surface area contributed by atoms with Crippen molar-refractivity contribution >= 4 is 15.8 Å². The summed E-state index contributed by atoms with van der Waals surface area (Å²) in [6, 6.07) is 6.85. The van der Waals surface area contributed by atoms with E-state index in [4.69, 9.17) is 0 Å². The van der Waals surface area contributed by atoms with Gasteiger partial charge in [0.05, 0.1) is 5.75 Å². The van der Waals surface area contributed by atoms with Gasteiger partial charge in [-0.15, -0.1) is 0 Å². The molecule has 0 aliphatic rings. The van der Waals surface area contributed by atoms with Crippen molar-refractivity contribution in [1.82, 2.24) is 0 Å². The zero-order valence-corrected chi connectivity index (χ0v) is 16.4. The Morgan fingerprint density at radius 2 is 1.38 bits per heavy atom. The van der Waals surface area contributed by atoms with Crippen LogP contribution in [-0.4, -0.2) is 25.2 Å². The summed E-state index contributed by atoms with van der Waals surface area (Å²) in [6.45, 7) is 2.18. The number of sulfone groups is 1. The molecule has 0 saturated carbocycles. The van der Waals surface area contributed by atoms with Gasteiger partial charge in [0.1, 0.15) is 0 Å². The molecule has 0 aliphatic carbocycles. The minimum Gasteiger partial charge on any atom is -0.478 e. The van der Waals surface area contributed by atoms with Gasteiger partial charge >= 0.3 is 11.0 Å². The molecule has 6 heteroatoms. The SMILES string of the molecule is CCCCCCCCCCCCS(=O)(=O)C(F)(C(=O)O)c1ccccc1. The summed E-state index contributed by atoms with van der Waals surface area (Å²) in [6.07, 6.45) is 10.2. The van der Waals surface area contributed by atoms with Gasteiger partial charge in [-0.25, -0.2) is 17.6 Å². The van der Waals surface area contributed by atoms with Crippen molar-refractivity contribution in [2.24, 2.45) is 0 Å². The number of halogens is 1.